The summed E-state index contributed by atoms with van der Waals surface area (Å²) in [5.41, 5.74) is -1.41. The number of hydrogen-bond donors (Lipinski definition) is 2. The number of carbonyl (C=O) groups excluding carboxylic acids is 1. The van der Waals surface area contributed by atoms with Crippen molar-refractivity contribution in [2.24, 2.45) is 5.92 Å². The van der Waals surface area contributed by atoms with Crippen molar-refractivity contribution in [3.63, 3.8) is 0 Å². The second-order valence-corrected chi connectivity index (χ2v) is 7.80. The molecular formula is C22H23FN2O5. The summed E-state index contributed by atoms with van der Waals surface area (Å²) < 4.78 is 13.5. The highest BCUT2D eigenvalue weighted by atomic mass is 19.1. The first-order valence-corrected chi connectivity index (χ1v) is 9.82. The van der Waals surface area contributed by atoms with Gasteiger partial charge < -0.3 is 10.4 Å². The molecule has 2 aromatic carbocycles. The molecule has 0 aromatic heterocycles. The van der Waals surface area contributed by atoms with Crippen LogP contribution in [0.15, 0.2) is 42.5 Å². The van der Waals surface area contributed by atoms with Crippen LogP contribution in [-0.4, -0.2) is 27.4 Å². The van der Waals surface area contributed by atoms with Crippen molar-refractivity contribution in [1.82, 2.24) is 5.32 Å². The van der Waals surface area contributed by atoms with Crippen LogP contribution in [0, 0.1) is 21.8 Å². The third-order valence-electron chi connectivity index (χ3n) is 5.84. The fraction of sp³-hybridized carbons (Fsp3) is 0.364. The van der Waals surface area contributed by atoms with E-state index in [1.54, 1.807) is 6.07 Å². The molecule has 0 spiro atoms. The lowest BCUT2D eigenvalue weighted by molar-refractivity contribution is -0.385. The Bertz CT molecular complexity index is 987. The van der Waals surface area contributed by atoms with Crippen molar-refractivity contribution in [1.29, 1.82) is 0 Å². The standard InChI is InChI=1S/C22H23FN2O5/c1-22(21(27)28,16-7-3-2-4-8-16)24-20(26)18-11-10-15(13-19(18)25(29)30)14-6-5-9-17(23)12-14/h5-6,9-13,16H,2-4,7-8H2,1H3,(H,24,26)(H,27,28)/t22-/m0/s1. The van der Waals surface area contributed by atoms with Gasteiger partial charge in [0.05, 0.1) is 4.92 Å². The van der Waals surface area contributed by atoms with Gasteiger partial charge in [0.25, 0.3) is 11.6 Å². The number of hydrogen-bond acceptors (Lipinski definition) is 4. The normalized spacial score (nSPS) is 16.5. The summed E-state index contributed by atoms with van der Waals surface area (Å²) in [4.78, 5) is 35.8. The van der Waals surface area contributed by atoms with Gasteiger partial charge >= 0.3 is 5.97 Å². The predicted octanol–water partition coefficient (Wildman–Crippen LogP) is 4.55. The number of aliphatic carboxylic acids is 1. The Kier molecular flexibility index (Phi) is 6.14. The predicted molar refractivity (Wildman–Crippen MR) is 109 cm³/mol. The second-order valence-electron chi connectivity index (χ2n) is 7.80. The van der Waals surface area contributed by atoms with E-state index in [9.17, 15) is 29.2 Å². The molecule has 1 fully saturated rings. The number of nitro benzene ring substituents is 1. The molecule has 30 heavy (non-hydrogen) atoms. The SMILES string of the molecule is C[C@@](NC(=O)c1ccc(-c2cccc(F)c2)cc1[N+](=O)[O-])(C(=O)O)C1CCCCC1. The van der Waals surface area contributed by atoms with Crippen LogP contribution in [-0.2, 0) is 4.79 Å². The molecule has 0 heterocycles. The average Bonchev–Trinajstić information content (AvgIpc) is 2.73. The lowest BCUT2D eigenvalue weighted by Crippen LogP contribution is -2.57. The van der Waals surface area contributed by atoms with E-state index in [4.69, 9.17) is 0 Å². The van der Waals surface area contributed by atoms with Gasteiger partial charge in [-0.05, 0) is 55.0 Å². The van der Waals surface area contributed by atoms with Crippen LogP contribution in [0.2, 0.25) is 0 Å². The highest BCUT2D eigenvalue weighted by molar-refractivity contribution is 6.01. The van der Waals surface area contributed by atoms with Crippen LogP contribution in [0.3, 0.4) is 0 Å². The molecule has 8 heteroatoms. The minimum Gasteiger partial charge on any atom is -0.480 e. The van der Waals surface area contributed by atoms with E-state index < -0.39 is 33.8 Å². The van der Waals surface area contributed by atoms with Crippen LogP contribution < -0.4 is 5.32 Å². The molecule has 7 nitrogen and oxygen atoms in total. The van der Waals surface area contributed by atoms with Gasteiger partial charge in [0, 0.05) is 6.07 Å². The third-order valence-corrected chi connectivity index (χ3v) is 5.84. The average molecular weight is 414 g/mol. The number of benzene rings is 2. The largest absolute Gasteiger partial charge is 0.480 e. The van der Waals surface area contributed by atoms with Crippen LogP contribution in [0.5, 0.6) is 0 Å². The van der Waals surface area contributed by atoms with Crippen LogP contribution >= 0.6 is 0 Å². The van der Waals surface area contributed by atoms with Crippen LogP contribution in [0.25, 0.3) is 11.1 Å². The molecule has 0 unspecified atom stereocenters. The smallest absolute Gasteiger partial charge is 0.329 e. The molecule has 3 rings (SSSR count). The molecule has 0 radical (unpaired) electrons. The molecule has 1 saturated carbocycles. The van der Waals surface area contributed by atoms with Crippen molar-refractivity contribution < 1.29 is 24.0 Å². The summed E-state index contributed by atoms with van der Waals surface area (Å²) in [5, 5.41) is 23.9. The molecular weight excluding hydrogens is 391 g/mol. The molecule has 1 aliphatic carbocycles. The molecule has 2 aromatic rings. The van der Waals surface area contributed by atoms with Gasteiger partial charge in [-0.2, -0.15) is 0 Å². The fourth-order valence-electron chi connectivity index (χ4n) is 4.04. The van der Waals surface area contributed by atoms with Crippen LogP contribution in [0.1, 0.15) is 49.4 Å². The van der Waals surface area contributed by atoms with Gasteiger partial charge in [-0.25, -0.2) is 9.18 Å². The number of carboxylic acid groups (broad SMARTS) is 1. The number of carbonyl (C=O) groups is 2. The Morgan fingerprint density at radius 2 is 1.80 bits per heavy atom. The lowest BCUT2D eigenvalue weighted by atomic mass is 9.75. The molecule has 1 atom stereocenters. The minimum atomic E-state index is -1.52. The summed E-state index contributed by atoms with van der Waals surface area (Å²) in [6, 6.07) is 9.54. The van der Waals surface area contributed by atoms with E-state index >= 15 is 0 Å². The molecule has 2 N–H and O–H groups in total. The van der Waals surface area contributed by atoms with Crippen molar-refractivity contribution in [3.05, 3.63) is 64.0 Å². The Morgan fingerprint density at radius 3 is 2.40 bits per heavy atom. The maximum atomic E-state index is 13.5. The first kappa shape index (κ1) is 21.4. The monoisotopic (exact) mass is 414 g/mol. The van der Waals surface area contributed by atoms with Crippen molar-refractivity contribution in [3.8, 4) is 11.1 Å². The van der Waals surface area contributed by atoms with Gasteiger partial charge in [-0.15, -0.1) is 0 Å². The summed E-state index contributed by atoms with van der Waals surface area (Å²) in [6.07, 6.45) is 4.12. The van der Waals surface area contributed by atoms with E-state index in [0.717, 1.165) is 19.3 Å². The molecule has 0 aliphatic heterocycles. The zero-order valence-electron chi connectivity index (χ0n) is 16.6. The molecule has 0 bridgehead atoms. The lowest BCUT2D eigenvalue weighted by Gasteiger charge is -2.37. The maximum absolute atomic E-state index is 13.5. The zero-order chi connectivity index (χ0) is 21.9. The first-order chi connectivity index (χ1) is 14.2. The van der Waals surface area contributed by atoms with Gasteiger partial charge in [0.1, 0.15) is 16.9 Å². The quantitative estimate of drug-likeness (QED) is 0.532. The number of halogens is 1. The van der Waals surface area contributed by atoms with Crippen LogP contribution in [0.4, 0.5) is 10.1 Å². The van der Waals surface area contributed by atoms with Crippen molar-refractivity contribution >= 4 is 17.6 Å². The highest BCUT2D eigenvalue weighted by Crippen LogP contribution is 2.34. The van der Waals surface area contributed by atoms with E-state index in [1.165, 1.54) is 43.3 Å². The number of nitrogens with zero attached hydrogens (tertiary/aromatic N) is 1. The molecule has 1 amide bonds. The zero-order valence-corrected chi connectivity index (χ0v) is 16.6. The Balaban J connectivity index is 1.94. The summed E-state index contributed by atoms with van der Waals surface area (Å²) >= 11 is 0. The van der Waals surface area contributed by atoms with E-state index in [2.05, 4.69) is 5.32 Å². The van der Waals surface area contributed by atoms with Gasteiger partial charge in [0.15, 0.2) is 0 Å². The van der Waals surface area contributed by atoms with E-state index in [-0.39, 0.29) is 11.5 Å². The Hall–Kier alpha value is -3.29. The fourth-order valence-corrected chi connectivity index (χ4v) is 4.04. The summed E-state index contributed by atoms with van der Waals surface area (Å²) in [7, 11) is 0. The minimum absolute atomic E-state index is 0.233. The Labute approximate surface area is 173 Å². The summed E-state index contributed by atoms with van der Waals surface area (Å²) in [5.74, 6) is -2.72. The number of amides is 1. The van der Waals surface area contributed by atoms with Crippen molar-refractivity contribution in [2.45, 2.75) is 44.6 Å². The molecule has 1 aliphatic rings. The van der Waals surface area contributed by atoms with Gasteiger partial charge in [0.2, 0.25) is 0 Å². The Morgan fingerprint density at radius 1 is 1.13 bits per heavy atom. The van der Waals surface area contributed by atoms with Gasteiger partial charge in [-0.1, -0.05) is 37.5 Å². The second kappa shape index (κ2) is 8.61. The number of nitrogens with one attached hydrogen (secondary N) is 1. The van der Waals surface area contributed by atoms with Crippen molar-refractivity contribution in [2.75, 3.05) is 0 Å². The number of rotatable bonds is 6. The van der Waals surface area contributed by atoms with Gasteiger partial charge in [-0.3, -0.25) is 14.9 Å². The topological polar surface area (TPSA) is 110 Å². The number of carboxylic acids is 1. The molecule has 158 valence electrons. The third kappa shape index (κ3) is 4.32. The maximum Gasteiger partial charge on any atom is 0.329 e. The van der Waals surface area contributed by atoms with E-state index in [1.807, 2.05) is 0 Å². The van der Waals surface area contributed by atoms with E-state index in [0.29, 0.717) is 24.0 Å². The first-order valence-electron chi connectivity index (χ1n) is 9.82. The molecule has 0 saturated heterocycles. The summed E-state index contributed by atoms with van der Waals surface area (Å²) in [6.45, 7) is 1.45. The highest BCUT2D eigenvalue weighted by Gasteiger charge is 2.43. The number of nitro groups is 1.